The van der Waals surface area contributed by atoms with Crippen molar-refractivity contribution < 1.29 is 28.7 Å². The monoisotopic (exact) mass is 441 g/mol. The fourth-order valence-electron chi connectivity index (χ4n) is 2.80. The first-order chi connectivity index (χ1) is 14.8. The van der Waals surface area contributed by atoms with Gasteiger partial charge in [-0.2, -0.15) is 4.99 Å². The van der Waals surface area contributed by atoms with Gasteiger partial charge in [0.2, 0.25) is 5.91 Å². The quantitative estimate of drug-likeness (QED) is 0.608. The molecule has 1 heterocycles. The number of anilines is 1. The third kappa shape index (κ3) is 5.04. The molecule has 0 bridgehead atoms. The van der Waals surface area contributed by atoms with Gasteiger partial charge in [-0.05, 0) is 42.5 Å². The van der Waals surface area contributed by atoms with E-state index in [1.807, 2.05) is 0 Å². The number of methoxy groups -OCH3 is 2. The van der Waals surface area contributed by atoms with Crippen LogP contribution in [0.3, 0.4) is 0 Å². The Kier molecular flexibility index (Phi) is 6.61. The van der Waals surface area contributed by atoms with Crippen LogP contribution in [0.25, 0.3) is 10.2 Å². The maximum atomic E-state index is 12.7. The lowest BCUT2D eigenvalue weighted by Crippen LogP contribution is -2.22. The van der Waals surface area contributed by atoms with E-state index >= 15 is 0 Å². The molecule has 2 amide bonds. The van der Waals surface area contributed by atoms with Gasteiger partial charge in [0, 0.05) is 18.2 Å². The lowest BCUT2D eigenvalue weighted by Gasteiger charge is -2.05. The molecule has 0 aliphatic carbocycles. The number of hydrogen-bond donors (Lipinski definition) is 1. The number of hydrogen-bond acceptors (Lipinski definition) is 7. The Balaban J connectivity index is 2.05. The number of carbonyl (C=O) groups is 4. The summed E-state index contributed by atoms with van der Waals surface area (Å²) >= 11 is 1.19. The van der Waals surface area contributed by atoms with Crippen LogP contribution in [0.5, 0.6) is 0 Å². The van der Waals surface area contributed by atoms with E-state index in [0.717, 1.165) is 4.70 Å². The molecule has 3 aromatic rings. The number of aromatic nitrogens is 1. The summed E-state index contributed by atoms with van der Waals surface area (Å²) in [6.07, 6.45) is 0. The second kappa shape index (κ2) is 9.35. The van der Waals surface area contributed by atoms with Gasteiger partial charge in [-0.3, -0.25) is 14.4 Å². The molecule has 1 aromatic heterocycles. The number of ether oxygens (including phenoxy) is 2. The normalized spacial score (nSPS) is 11.3. The molecule has 9 nitrogen and oxygen atoms in total. The van der Waals surface area contributed by atoms with E-state index in [1.165, 1.54) is 56.7 Å². The zero-order valence-electron chi connectivity index (χ0n) is 17.0. The van der Waals surface area contributed by atoms with E-state index in [9.17, 15) is 19.2 Å². The summed E-state index contributed by atoms with van der Waals surface area (Å²) in [4.78, 5) is 52.0. The number of fused-ring (bicyclic) bond motifs is 1. The van der Waals surface area contributed by atoms with Gasteiger partial charge in [0.25, 0.3) is 5.91 Å². The number of carbonyl (C=O) groups excluding carboxylic acids is 4. The van der Waals surface area contributed by atoms with Crippen molar-refractivity contribution in [2.45, 2.75) is 13.5 Å². The summed E-state index contributed by atoms with van der Waals surface area (Å²) in [5, 5.41) is 2.69. The second-order valence-corrected chi connectivity index (χ2v) is 7.41. The van der Waals surface area contributed by atoms with E-state index in [1.54, 1.807) is 22.8 Å². The Morgan fingerprint density at radius 2 is 1.68 bits per heavy atom. The summed E-state index contributed by atoms with van der Waals surface area (Å²) in [6.45, 7) is 1.27. The van der Waals surface area contributed by atoms with Crippen LogP contribution in [-0.4, -0.2) is 42.5 Å². The molecule has 0 unspecified atom stereocenters. The van der Waals surface area contributed by atoms with Crippen LogP contribution in [0.15, 0.2) is 47.5 Å². The zero-order valence-corrected chi connectivity index (χ0v) is 17.8. The van der Waals surface area contributed by atoms with Crippen LogP contribution in [0.1, 0.15) is 27.6 Å². The number of nitrogens with one attached hydrogen (secondary N) is 1. The fraction of sp³-hybridized carbons (Fsp3) is 0.190. The highest BCUT2D eigenvalue weighted by molar-refractivity contribution is 7.16. The minimum absolute atomic E-state index is 0.136. The first kappa shape index (κ1) is 21.9. The smallest absolute Gasteiger partial charge is 0.337 e. The molecule has 10 heteroatoms. The largest absolute Gasteiger partial charge is 0.468 e. The van der Waals surface area contributed by atoms with Crippen LogP contribution in [0.2, 0.25) is 0 Å². The van der Waals surface area contributed by atoms with Gasteiger partial charge in [-0.1, -0.05) is 11.3 Å². The summed E-state index contributed by atoms with van der Waals surface area (Å²) in [5.74, 6) is -1.76. The van der Waals surface area contributed by atoms with Crippen LogP contribution in [-0.2, 0) is 25.6 Å². The van der Waals surface area contributed by atoms with Crippen LogP contribution in [0, 0.1) is 0 Å². The topological polar surface area (TPSA) is 116 Å². The standard InChI is InChI=1S/C21H19N3O6S/c1-12(25)22-15-8-9-16-17(10-15)31-21(24(16)11-18(26)29-2)23-19(27)13-4-6-14(7-5-13)20(28)30-3/h4-10H,11H2,1-3H3,(H,22,25). The van der Waals surface area contributed by atoms with Crippen molar-refractivity contribution in [3.05, 3.63) is 58.4 Å². The molecular weight excluding hydrogens is 422 g/mol. The Morgan fingerprint density at radius 3 is 2.29 bits per heavy atom. The van der Waals surface area contributed by atoms with Crippen molar-refractivity contribution in [1.82, 2.24) is 4.57 Å². The van der Waals surface area contributed by atoms with Crippen molar-refractivity contribution in [1.29, 1.82) is 0 Å². The van der Waals surface area contributed by atoms with Crippen LogP contribution in [0.4, 0.5) is 5.69 Å². The Hall–Kier alpha value is -3.79. The third-order valence-corrected chi connectivity index (χ3v) is 5.31. The number of amides is 2. The highest BCUT2D eigenvalue weighted by Gasteiger charge is 2.14. The number of nitrogens with zero attached hydrogens (tertiary/aromatic N) is 2. The molecular formula is C21H19N3O6S. The minimum Gasteiger partial charge on any atom is -0.468 e. The molecule has 0 aliphatic heterocycles. The lowest BCUT2D eigenvalue weighted by molar-refractivity contribution is -0.141. The van der Waals surface area contributed by atoms with Crippen molar-refractivity contribution in [2.24, 2.45) is 4.99 Å². The first-order valence-corrected chi connectivity index (χ1v) is 9.89. The molecule has 160 valence electrons. The molecule has 0 atom stereocenters. The fourth-order valence-corrected chi connectivity index (χ4v) is 3.87. The highest BCUT2D eigenvalue weighted by atomic mass is 32.1. The van der Waals surface area contributed by atoms with Crippen LogP contribution < -0.4 is 10.1 Å². The van der Waals surface area contributed by atoms with Gasteiger partial charge < -0.3 is 19.4 Å². The molecule has 2 aromatic carbocycles. The van der Waals surface area contributed by atoms with Gasteiger partial charge in [-0.15, -0.1) is 0 Å². The average molecular weight is 441 g/mol. The first-order valence-electron chi connectivity index (χ1n) is 9.07. The number of esters is 2. The molecule has 0 spiro atoms. The number of rotatable bonds is 5. The van der Waals surface area contributed by atoms with E-state index in [4.69, 9.17) is 4.74 Å². The van der Waals surface area contributed by atoms with Gasteiger partial charge in [0.05, 0.1) is 30.0 Å². The van der Waals surface area contributed by atoms with Crippen molar-refractivity contribution in [3.8, 4) is 0 Å². The molecule has 3 rings (SSSR count). The van der Waals surface area contributed by atoms with Crippen LogP contribution >= 0.6 is 11.3 Å². The summed E-state index contributed by atoms with van der Waals surface area (Å²) in [7, 11) is 2.55. The summed E-state index contributed by atoms with van der Waals surface area (Å²) < 4.78 is 11.7. The zero-order chi connectivity index (χ0) is 22.5. The van der Waals surface area contributed by atoms with Crippen molar-refractivity contribution >= 4 is 51.0 Å². The Bertz CT molecular complexity index is 1240. The average Bonchev–Trinajstić information content (AvgIpc) is 3.08. The molecule has 0 aliphatic rings. The third-order valence-electron chi connectivity index (χ3n) is 4.27. The van der Waals surface area contributed by atoms with Crippen molar-refractivity contribution in [3.63, 3.8) is 0 Å². The minimum atomic E-state index is -0.538. The van der Waals surface area contributed by atoms with E-state index in [-0.39, 0.29) is 18.0 Å². The molecule has 31 heavy (non-hydrogen) atoms. The predicted molar refractivity (Wildman–Crippen MR) is 114 cm³/mol. The molecule has 0 saturated carbocycles. The summed E-state index contributed by atoms with van der Waals surface area (Å²) in [5.41, 5.74) is 1.83. The number of thiazole rings is 1. The second-order valence-electron chi connectivity index (χ2n) is 6.40. The van der Waals surface area contributed by atoms with Gasteiger partial charge in [0.1, 0.15) is 6.54 Å². The Labute approximate surface area is 180 Å². The maximum absolute atomic E-state index is 12.7. The lowest BCUT2D eigenvalue weighted by atomic mass is 10.1. The van der Waals surface area contributed by atoms with E-state index in [0.29, 0.717) is 21.6 Å². The number of benzene rings is 2. The summed E-state index contributed by atoms with van der Waals surface area (Å²) in [6, 6.07) is 11.1. The molecule has 1 N–H and O–H groups in total. The molecule has 0 radical (unpaired) electrons. The van der Waals surface area contributed by atoms with Crippen molar-refractivity contribution in [2.75, 3.05) is 19.5 Å². The van der Waals surface area contributed by atoms with Gasteiger partial charge in [0.15, 0.2) is 4.80 Å². The SMILES string of the molecule is COC(=O)Cn1c(=NC(=O)c2ccc(C(=O)OC)cc2)sc2cc(NC(C)=O)ccc21. The predicted octanol–water partition coefficient (Wildman–Crippen LogP) is 2.36. The van der Waals surface area contributed by atoms with E-state index < -0.39 is 17.8 Å². The highest BCUT2D eigenvalue weighted by Crippen LogP contribution is 2.22. The Morgan fingerprint density at radius 1 is 1.00 bits per heavy atom. The maximum Gasteiger partial charge on any atom is 0.337 e. The van der Waals surface area contributed by atoms with Gasteiger partial charge >= 0.3 is 11.9 Å². The molecule has 0 fully saturated rings. The van der Waals surface area contributed by atoms with Gasteiger partial charge in [-0.25, -0.2) is 4.79 Å². The molecule has 0 saturated heterocycles. The van der Waals surface area contributed by atoms with E-state index in [2.05, 4.69) is 15.0 Å².